The van der Waals surface area contributed by atoms with E-state index in [2.05, 4.69) is 30.4 Å². The Morgan fingerprint density at radius 3 is 3.14 bits per heavy atom. The molecule has 0 aromatic heterocycles. The van der Waals surface area contributed by atoms with Gasteiger partial charge in [-0.05, 0) is 17.2 Å². The van der Waals surface area contributed by atoms with E-state index >= 15 is 0 Å². The molecule has 72 valence electrons. The van der Waals surface area contributed by atoms with Crippen molar-refractivity contribution in [1.29, 1.82) is 0 Å². The Morgan fingerprint density at radius 2 is 2.29 bits per heavy atom. The molecule has 2 aliphatic rings. The number of fused-ring (bicyclic) bond motifs is 5. The van der Waals surface area contributed by atoms with Gasteiger partial charge < -0.3 is 9.47 Å². The molecule has 2 atom stereocenters. The van der Waals surface area contributed by atoms with Crippen LogP contribution in [0.5, 0.6) is 0 Å². The van der Waals surface area contributed by atoms with Crippen molar-refractivity contribution in [3.8, 4) is 0 Å². The normalized spacial score (nSPS) is 32.2. The molecule has 0 amide bonds. The SMILES string of the molecule is COC[C@@]12C=C[C@@H](O1)c1ccccc12. The second kappa shape index (κ2) is 2.69. The third kappa shape index (κ3) is 0.873. The summed E-state index contributed by atoms with van der Waals surface area (Å²) in [5.41, 5.74) is 2.23. The van der Waals surface area contributed by atoms with Gasteiger partial charge in [-0.3, -0.25) is 0 Å². The number of hydrogen-bond acceptors (Lipinski definition) is 2. The fourth-order valence-electron chi connectivity index (χ4n) is 2.37. The van der Waals surface area contributed by atoms with Crippen molar-refractivity contribution < 1.29 is 9.47 Å². The van der Waals surface area contributed by atoms with Crippen molar-refractivity contribution in [2.24, 2.45) is 0 Å². The Labute approximate surface area is 83.1 Å². The summed E-state index contributed by atoms with van der Waals surface area (Å²) < 4.78 is 11.2. The molecule has 0 aliphatic carbocycles. The number of ether oxygens (including phenoxy) is 2. The van der Waals surface area contributed by atoms with Crippen LogP contribution in [0.3, 0.4) is 0 Å². The van der Waals surface area contributed by atoms with Gasteiger partial charge in [0.15, 0.2) is 0 Å². The molecule has 0 fully saturated rings. The number of benzene rings is 1. The lowest BCUT2D eigenvalue weighted by atomic mass is 9.88. The number of hydrogen-bond donors (Lipinski definition) is 0. The summed E-state index contributed by atoms with van der Waals surface area (Å²) in [6.07, 6.45) is 4.37. The molecule has 2 bridgehead atoms. The van der Waals surface area contributed by atoms with E-state index in [0.29, 0.717) is 6.61 Å². The van der Waals surface area contributed by atoms with E-state index in [9.17, 15) is 0 Å². The second-order valence-electron chi connectivity index (χ2n) is 3.81. The first kappa shape index (κ1) is 8.21. The first-order valence-electron chi connectivity index (χ1n) is 4.81. The standard InChI is InChI=1S/C12H12O2/c1-13-8-12-7-6-11(14-12)9-4-2-3-5-10(9)12/h2-7,11H,8H2,1H3/t11-,12-/m1/s1. The lowest BCUT2D eigenvalue weighted by Gasteiger charge is -2.22. The van der Waals surface area contributed by atoms with Crippen LogP contribution in [-0.2, 0) is 15.1 Å². The van der Waals surface area contributed by atoms with Crippen LogP contribution in [-0.4, -0.2) is 13.7 Å². The maximum Gasteiger partial charge on any atom is 0.136 e. The molecule has 2 heteroatoms. The average molecular weight is 188 g/mol. The van der Waals surface area contributed by atoms with E-state index in [4.69, 9.17) is 9.47 Å². The predicted molar refractivity (Wildman–Crippen MR) is 53.0 cm³/mol. The van der Waals surface area contributed by atoms with Crippen molar-refractivity contribution >= 4 is 0 Å². The smallest absolute Gasteiger partial charge is 0.136 e. The van der Waals surface area contributed by atoms with Gasteiger partial charge in [0, 0.05) is 7.11 Å². The maximum atomic E-state index is 5.93. The minimum atomic E-state index is -0.310. The molecule has 0 unspecified atom stereocenters. The summed E-state index contributed by atoms with van der Waals surface area (Å²) in [6, 6.07) is 8.35. The zero-order chi connectivity index (χ0) is 9.60. The zero-order valence-electron chi connectivity index (χ0n) is 8.07. The average Bonchev–Trinajstić information content (AvgIpc) is 2.76. The molecule has 1 aromatic rings. The molecule has 0 N–H and O–H groups in total. The van der Waals surface area contributed by atoms with Crippen molar-refractivity contribution in [3.63, 3.8) is 0 Å². The van der Waals surface area contributed by atoms with E-state index < -0.39 is 0 Å². The second-order valence-corrected chi connectivity index (χ2v) is 3.81. The first-order chi connectivity index (χ1) is 6.86. The van der Waals surface area contributed by atoms with Gasteiger partial charge in [-0.2, -0.15) is 0 Å². The summed E-state index contributed by atoms with van der Waals surface area (Å²) in [5, 5.41) is 0. The lowest BCUT2D eigenvalue weighted by Crippen LogP contribution is -2.26. The summed E-state index contributed by atoms with van der Waals surface area (Å²) in [4.78, 5) is 0. The fraction of sp³-hybridized carbons (Fsp3) is 0.333. The Kier molecular flexibility index (Phi) is 1.58. The topological polar surface area (TPSA) is 18.5 Å². The molecule has 0 saturated carbocycles. The van der Waals surface area contributed by atoms with Crippen molar-refractivity contribution in [2.45, 2.75) is 11.7 Å². The van der Waals surface area contributed by atoms with Gasteiger partial charge in [0.05, 0.1) is 6.61 Å². The fourth-order valence-corrected chi connectivity index (χ4v) is 2.37. The minimum absolute atomic E-state index is 0.140. The van der Waals surface area contributed by atoms with Crippen molar-refractivity contribution in [1.82, 2.24) is 0 Å². The van der Waals surface area contributed by atoms with Gasteiger partial charge in [-0.15, -0.1) is 0 Å². The Bertz CT molecular complexity index is 397. The molecule has 0 radical (unpaired) electrons. The van der Waals surface area contributed by atoms with Crippen molar-refractivity contribution in [3.05, 3.63) is 47.5 Å². The third-order valence-electron chi connectivity index (χ3n) is 2.96. The summed E-state index contributed by atoms with van der Waals surface area (Å²) in [7, 11) is 1.71. The Balaban J connectivity index is 2.14. The largest absolute Gasteiger partial charge is 0.381 e. The number of methoxy groups -OCH3 is 1. The lowest BCUT2D eigenvalue weighted by molar-refractivity contribution is -0.0512. The van der Waals surface area contributed by atoms with Gasteiger partial charge in [0.2, 0.25) is 0 Å². The molecule has 14 heavy (non-hydrogen) atoms. The van der Waals surface area contributed by atoms with E-state index in [1.807, 2.05) is 6.07 Å². The molecule has 2 aliphatic heterocycles. The van der Waals surface area contributed by atoms with E-state index in [1.165, 1.54) is 11.1 Å². The first-order valence-corrected chi connectivity index (χ1v) is 4.81. The van der Waals surface area contributed by atoms with E-state index in [0.717, 1.165) is 0 Å². The Morgan fingerprint density at radius 1 is 1.43 bits per heavy atom. The van der Waals surface area contributed by atoms with Gasteiger partial charge in [-0.25, -0.2) is 0 Å². The van der Waals surface area contributed by atoms with Crippen LogP contribution in [0.15, 0.2) is 36.4 Å². The quantitative estimate of drug-likeness (QED) is 0.662. The maximum absolute atomic E-state index is 5.93. The number of rotatable bonds is 2. The highest BCUT2D eigenvalue weighted by Crippen LogP contribution is 2.49. The molecule has 2 nitrogen and oxygen atoms in total. The molecular formula is C12H12O2. The van der Waals surface area contributed by atoms with Crippen LogP contribution < -0.4 is 0 Å². The molecule has 1 aromatic carbocycles. The van der Waals surface area contributed by atoms with Crippen LogP contribution in [0.25, 0.3) is 0 Å². The molecular weight excluding hydrogens is 176 g/mol. The monoisotopic (exact) mass is 188 g/mol. The van der Waals surface area contributed by atoms with Crippen LogP contribution in [0, 0.1) is 0 Å². The van der Waals surface area contributed by atoms with Crippen molar-refractivity contribution in [2.75, 3.05) is 13.7 Å². The summed E-state index contributed by atoms with van der Waals surface area (Å²) in [5.74, 6) is 0. The van der Waals surface area contributed by atoms with Gasteiger partial charge in [0.1, 0.15) is 11.7 Å². The molecule has 2 heterocycles. The highest BCUT2D eigenvalue weighted by atomic mass is 16.6. The van der Waals surface area contributed by atoms with Crippen LogP contribution in [0.2, 0.25) is 0 Å². The van der Waals surface area contributed by atoms with Gasteiger partial charge in [0.25, 0.3) is 0 Å². The van der Waals surface area contributed by atoms with Crippen LogP contribution in [0.1, 0.15) is 17.2 Å². The van der Waals surface area contributed by atoms with Crippen LogP contribution >= 0.6 is 0 Å². The predicted octanol–water partition coefficient (Wildman–Crippen LogP) is 2.17. The highest BCUT2D eigenvalue weighted by Gasteiger charge is 2.46. The summed E-state index contributed by atoms with van der Waals surface area (Å²) in [6.45, 7) is 0.594. The Hall–Kier alpha value is -1.12. The van der Waals surface area contributed by atoms with Crippen LogP contribution in [0.4, 0.5) is 0 Å². The van der Waals surface area contributed by atoms with Gasteiger partial charge >= 0.3 is 0 Å². The zero-order valence-corrected chi connectivity index (χ0v) is 8.07. The molecule has 3 rings (SSSR count). The minimum Gasteiger partial charge on any atom is -0.381 e. The van der Waals surface area contributed by atoms with E-state index in [1.54, 1.807) is 7.11 Å². The molecule has 0 spiro atoms. The summed E-state index contributed by atoms with van der Waals surface area (Å²) >= 11 is 0. The molecule has 0 saturated heterocycles. The van der Waals surface area contributed by atoms with E-state index in [-0.39, 0.29) is 11.7 Å². The highest BCUT2D eigenvalue weighted by molar-refractivity contribution is 5.47. The van der Waals surface area contributed by atoms with Gasteiger partial charge in [-0.1, -0.05) is 30.3 Å². The third-order valence-corrected chi connectivity index (χ3v) is 2.96.